The van der Waals surface area contributed by atoms with Crippen molar-refractivity contribution in [2.45, 2.75) is 19.0 Å². The van der Waals surface area contributed by atoms with Crippen LogP contribution in [-0.2, 0) is 17.8 Å². The summed E-state index contributed by atoms with van der Waals surface area (Å²) in [6, 6.07) is 9.32. The number of rotatable bonds is 6. The monoisotopic (exact) mass is 378 g/mol. The maximum atomic E-state index is 11.5. The van der Waals surface area contributed by atoms with E-state index in [1.807, 2.05) is 41.9 Å². The molecule has 2 heterocycles. The SMILES string of the molecule is O=C(O)[C@H](Cc1c[nH]c2ccccc12)NCc1cc(Br)cs1. The smallest absolute Gasteiger partial charge is 0.321 e. The van der Waals surface area contributed by atoms with Crippen LogP contribution in [0.5, 0.6) is 0 Å². The molecule has 0 saturated heterocycles. The van der Waals surface area contributed by atoms with Crippen molar-refractivity contribution in [1.29, 1.82) is 0 Å². The lowest BCUT2D eigenvalue weighted by Gasteiger charge is -2.13. The highest BCUT2D eigenvalue weighted by atomic mass is 79.9. The van der Waals surface area contributed by atoms with Crippen molar-refractivity contribution in [3.05, 3.63) is 56.8 Å². The Morgan fingerprint density at radius 1 is 1.41 bits per heavy atom. The summed E-state index contributed by atoms with van der Waals surface area (Å²) in [6.45, 7) is 0.551. The van der Waals surface area contributed by atoms with E-state index in [0.29, 0.717) is 13.0 Å². The van der Waals surface area contributed by atoms with E-state index in [1.165, 1.54) is 0 Å². The number of aliphatic carboxylic acids is 1. The van der Waals surface area contributed by atoms with E-state index < -0.39 is 12.0 Å². The van der Waals surface area contributed by atoms with E-state index in [0.717, 1.165) is 25.8 Å². The molecular formula is C16H15BrN2O2S. The van der Waals surface area contributed by atoms with E-state index in [4.69, 9.17) is 0 Å². The predicted octanol–water partition coefficient (Wildman–Crippen LogP) is 3.78. The average Bonchev–Trinajstić information content (AvgIpc) is 3.10. The molecule has 0 aliphatic heterocycles. The summed E-state index contributed by atoms with van der Waals surface area (Å²) in [4.78, 5) is 15.8. The largest absolute Gasteiger partial charge is 0.480 e. The highest BCUT2D eigenvalue weighted by Gasteiger charge is 2.19. The van der Waals surface area contributed by atoms with Crippen molar-refractivity contribution in [2.75, 3.05) is 0 Å². The minimum atomic E-state index is -0.832. The van der Waals surface area contributed by atoms with Gasteiger partial charge in [0.1, 0.15) is 6.04 Å². The number of nitrogens with one attached hydrogen (secondary N) is 2. The number of aromatic amines is 1. The summed E-state index contributed by atoms with van der Waals surface area (Å²) >= 11 is 5.01. The van der Waals surface area contributed by atoms with Crippen molar-refractivity contribution in [3.63, 3.8) is 0 Å². The number of para-hydroxylation sites is 1. The van der Waals surface area contributed by atoms with Gasteiger partial charge < -0.3 is 10.1 Å². The topological polar surface area (TPSA) is 65.1 Å². The van der Waals surface area contributed by atoms with Crippen molar-refractivity contribution >= 4 is 44.1 Å². The number of thiophene rings is 1. The van der Waals surface area contributed by atoms with Crippen LogP contribution < -0.4 is 5.32 Å². The molecule has 0 radical (unpaired) electrons. The number of hydrogen-bond acceptors (Lipinski definition) is 3. The van der Waals surface area contributed by atoms with Gasteiger partial charge in [-0.3, -0.25) is 10.1 Å². The van der Waals surface area contributed by atoms with Crippen LogP contribution in [0.3, 0.4) is 0 Å². The lowest BCUT2D eigenvalue weighted by atomic mass is 10.1. The molecule has 6 heteroatoms. The molecule has 0 spiro atoms. The van der Waals surface area contributed by atoms with E-state index in [2.05, 4.69) is 26.2 Å². The van der Waals surface area contributed by atoms with Crippen molar-refractivity contribution in [3.8, 4) is 0 Å². The zero-order valence-corrected chi connectivity index (χ0v) is 14.1. The number of aromatic nitrogens is 1. The first-order valence-electron chi connectivity index (χ1n) is 6.87. The minimum Gasteiger partial charge on any atom is -0.480 e. The second-order valence-corrected chi connectivity index (χ2v) is 6.98. The molecule has 3 rings (SSSR count). The van der Waals surface area contributed by atoms with Gasteiger partial charge in [-0.25, -0.2) is 0 Å². The van der Waals surface area contributed by atoms with E-state index in [1.54, 1.807) is 11.3 Å². The number of carboxylic acid groups (broad SMARTS) is 1. The Morgan fingerprint density at radius 3 is 2.95 bits per heavy atom. The Morgan fingerprint density at radius 2 is 2.23 bits per heavy atom. The molecule has 3 N–H and O–H groups in total. The van der Waals surface area contributed by atoms with E-state index >= 15 is 0 Å². The quantitative estimate of drug-likeness (QED) is 0.611. The second kappa shape index (κ2) is 6.64. The number of benzene rings is 1. The van der Waals surface area contributed by atoms with Crippen molar-refractivity contribution in [1.82, 2.24) is 10.3 Å². The Bertz CT molecular complexity index is 796. The Balaban J connectivity index is 1.73. The number of hydrogen-bond donors (Lipinski definition) is 3. The Kier molecular flexibility index (Phi) is 4.61. The molecule has 1 atom stereocenters. The maximum Gasteiger partial charge on any atom is 0.321 e. The van der Waals surface area contributed by atoms with Gasteiger partial charge in [-0.2, -0.15) is 0 Å². The Hall–Kier alpha value is -1.63. The molecule has 0 unspecified atom stereocenters. The van der Waals surface area contributed by atoms with Crippen LogP contribution in [0.2, 0.25) is 0 Å². The zero-order chi connectivity index (χ0) is 15.5. The molecule has 1 aromatic carbocycles. The van der Waals surface area contributed by atoms with Gasteiger partial charge >= 0.3 is 5.97 Å². The summed E-state index contributed by atoms with van der Waals surface area (Å²) in [7, 11) is 0. The fraction of sp³-hybridized carbons (Fsp3) is 0.188. The van der Waals surface area contributed by atoms with Gasteiger partial charge in [0, 0.05) is 44.8 Å². The number of carboxylic acids is 1. The molecule has 0 fully saturated rings. The molecule has 0 aliphatic carbocycles. The van der Waals surface area contributed by atoms with E-state index in [-0.39, 0.29) is 0 Å². The van der Waals surface area contributed by atoms with Crippen LogP contribution in [0, 0.1) is 0 Å². The Labute approximate surface area is 140 Å². The van der Waals surface area contributed by atoms with Gasteiger partial charge in [0.2, 0.25) is 0 Å². The first-order valence-corrected chi connectivity index (χ1v) is 8.55. The third-order valence-corrected chi connectivity index (χ3v) is 5.24. The lowest BCUT2D eigenvalue weighted by molar-refractivity contribution is -0.139. The van der Waals surface area contributed by atoms with Crippen LogP contribution in [0.15, 0.2) is 46.4 Å². The first-order chi connectivity index (χ1) is 10.6. The molecule has 22 heavy (non-hydrogen) atoms. The normalized spacial score (nSPS) is 12.6. The fourth-order valence-electron chi connectivity index (χ4n) is 2.44. The molecule has 114 valence electrons. The second-order valence-electron chi connectivity index (χ2n) is 5.07. The molecular weight excluding hydrogens is 364 g/mol. The van der Waals surface area contributed by atoms with Crippen LogP contribution in [0.1, 0.15) is 10.4 Å². The van der Waals surface area contributed by atoms with Crippen molar-refractivity contribution < 1.29 is 9.90 Å². The summed E-state index contributed by atoms with van der Waals surface area (Å²) in [6.07, 6.45) is 2.34. The van der Waals surface area contributed by atoms with Crippen LogP contribution in [-0.4, -0.2) is 22.1 Å². The summed E-state index contributed by atoms with van der Waals surface area (Å²) in [5.41, 5.74) is 2.05. The summed E-state index contributed by atoms with van der Waals surface area (Å²) in [5, 5.41) is 15.6. The number of halogens is 1. The summed E-state index contributed by atoms with van der Waals surface area (Å²) in [5.74, 6) is -0.832. The number of carbonyl (C=O) groups is 1. The van der Waals surface area contributed by atoms with Crippen LogP contribution >= 0.6 is 27.3 Å². The summed E-state index contributed by atoms with van der Waals surface area (Å²) < 4.78 is 1.03. The molecule has 4 nitrogen and oxygen atoms in total. The first kappa shape index (κ1) is 15.3. The van der Waals surface area contributed by atoms with Gasteiger partial charge in [0.25, 0.3) is 0 Å². The van der Waals surface area contributed by atoms with Gasteiger partial charge in [-0.1, -0.05) is 18.2 Å². The van der Waals surface area contributed by atoms with Gasteiger partial charge in [-0.05, 0) is 33.6 Å². The minimum absolute atomic E-state index is 0.450. The van der Waals surface area contributed by atoms with Gasteiger partial charge in [-0.15, -0.1) is 11.3 Å². The zero-order valence-electron chi connectivity index (χ0n) is 11.7. The highest BCUT2D eigenvalue weighted by Crippen LogP contribution is 2.21. The van der Waals surface area contributed by atoms with Gasteiger partial charge in [0.15, 0.2) is 0 Å². The lowest BCUT2D eigenvalue weighted by Crippen LogP contribution is -2.37. The molecule has 0 amide bonds. The molecule has 3 aromatic rings. The third-order valence-electron chi connectivity index (χ3n) is 3.54. The fourth-order valence-corrected chi connectivity index (χ4v) is 3.84. The average molecular weight is 379 g/mol. The highest BCUT2D eigenvalue weighted by molar-refractivity contribution is 9.10. The number of fused-ring (bicyclic) bond motifs is 1. The molecule has 0 aliphatic rings. The van der Waals surface area contributed by atoms with Gasteiger partial charge in [0.05, 0.1) is 0 Å². The standard InChI is InChI=1S/C16H15BrN2O2S/c17-11-6-12(22-9-11)8-19-15(16(20)21)5-10-7-18-14-4-2-1-3-13(10)14/h1-4,6-7,9,15,18-19H,5,8H2,(H,20,21)/t15-/m0/s1. The van der Waals surface area contributed by atoms with Crippen LogP contribution in [0.4, 0.5) is 0 Å². The maximum absolute atomic E-state index is 11.5. The van der Waals surface area contributed by atoms with Crippen LogP contribution in [0.25, 0.3) is 10.9 Å². The molecule has 2 aromatic heterocycles. The molecule has 0 saturated carbocycles. The van der Waals surface area contributed by atoms with Crippen molar-refractivity contribution in [2.24, 2.45) is 0 Å². The number of H-pyrrole nitrogens is 1. The predicted molar refractivity (Wildman–Crippen MR) is 92.3 cm³/mol. The third kappa shape index (κ3) is 3.40. The molecule has 0 bridgehead atoms. The van der Waals surface area contributed by atoms with E-state index in [9.17, 15) is 9.90 Å².